The standard InChI is InChI=1S/C16H21FN4O4/c17-10-5-3-9-4-6-12(25-13(9)8-10)14(22)21-11(15(23)24)2-1-7-20-16(18)19/h3,5,8,11-12H,1-2,4,6-7H2,(H,21,22)(H,23,24)(H4,18,19,20)/t11-,12?/m1/s1. The Bertz CT molecular complexity index is 676. The number of carbonyl (C=O) groups is 2. The largest absolute Gasteiger partial charge is 0.480 e. The van der Waals surface area contributed by atoms with Crippen molar-refractivity contribution in [3.8, 4) is 5.75 Å². The lowest BCUT2D eigenvalue weighted by atomic mass is 10.0. The number of carboxylic acids is 1. The number of hydrogen-bond acceptors (Lipinski definition) is 4. The van der Waals surface area contributed by atoms with Gasteiger partial charge in [0.05, 0.1) is 0 Å². The summed E-state index contributed by atoms with van der Waals surface area (Å²) in [4.78, 5) is 27.4. The zero-order chi connectivity index (χ0) is 18.4. The second kappa shape index (κ2) is 8.32. The number of aliphatic carboxylic acids is 1. The molecule has 1 aliphatic heterocycles. The van der Waals surface area contributed by atoms with Crippen molar-refractivity contribution in [2.45, 2.75) is 37.8 Å². The number of amides is 1. The van der Waals surface area contributed by atoms with E-state index >= 15 is 0 Å². The maximum Gasteiger partial charge on any atom is 0.326 e. The van der Waals surface area contributed by atoms with Crippen LogP contribution < -0.4 is 21.5 Å². The van der Waals surface area contributed by atoms with Gasteiger partial charge in [0, 0.05) is 12.6 Å². The highest BCUT2D eigenvalue weighted by Gasteiger charge is 2.29. The van der Waals surface area contributed by atoms with E-state index < -0.39 is 29.8 Å². The molecule has 0 saturated heterocycles. The summed E-state index contributed by atoms with van der Waals surface area (Å²) in [5.74, 6) is -1.91. The van der Waals surface area contributed by atoms with Crippen molar-refractivity contribution < 1.29 is 23.8 Å². The number of aliphatic imine (C=N–C) groups is 1. The van der Waals surface area contributed by atoms with Crippen LogP contribution in [0.25, 0.3) is 0 Å². The number of ether oxygens (including phenoxy) is 1. The number of fused-ring (bicyclic) bond motifs is 1. The number of hydrogen-bond donors (Lipinski definition) is 4. The molecular weight excluding hydrogens is 331 g/mol. The maximum absolute atomic E-state index is 13.3. The third-order valence-electron chi connectivity index (χ3n) is 3.83. The van der Waals surface area contributed by atoms with Gasteiger partial charge >= 0.3 is 5.97 Å². The highest BCUT2D eigenvalue weighted by molar-refractivity contribution is 5.86. The normalized spacial score (nSPS) is 16.9. The molecule has 0 radical (unpaired) electrons. The van der Waals surface area contributed by atoms with Crippen LogP contribution in [-0.4, -0.2) is 41.6 Å². The van der Waals surface area contributed by atoms with Crippen LogP contribution in [0.4, 0.5) is 4.39 Å². The number of nitrogens with two attached hydrogens (primary N) is 2. The van der Waals surface area contributed by atoms with Crippen molar-refractivity contribution in [2.24, 2.45) is 16.5 Å². The first-order valence-corrected chi connectivity index (χ1v) is 7.90. The molecule has 0 aromatic heterocycles. The van der Waals surface area contributed by atoms with Crippen LogP contribution in [0.15, 0.2) is 23.2 Å². The van der Waals surface area contributed by atoms with E-state index in [9.17, 15) is 19.1 Å². The molecule has 9 heteroatoms. The number of aryl methyl sites for hydroxylation is 1. The van der Waals surface area contributed by atoms with Crippen LogP contribution in [0.1, 0.15) is 24.8 Å². The van der Waals surface area contributed by atoms with Gasteiger partial charge in [-0.1, -0.05) is 6.07 Å². The van der Waals surface area contributed by atoms with Gasteiger partial charge in [-0.25, -0.2) is 9.18 Å². The SMILES string of the molecule is NC(N)=NCCC[C@@H](NC(=O)C1CCc2ccc(F)cc2O1)C(=O)O. The molecular formula is C16H21FN4O4. The minimum Gasteiger partial charge on any atom is -0.480 e. The van der Waals surface area contributed by atoms with Gasteiger partial charge < -0.3 is 26.6 Å². The van der Waals surface area contributed by atoms with Crippen LogP contribution in [0.2, 0.25) is 0 Å². The summed E-state index contributed by atoms with van der Waals surface area (Å²) >= 11 is 0. The van der Waals surface area contributed by atoms with Crippen molar-refractivity contribution in [2.75, 3.05) is 6.54 Å². The van der Waals surface area contributed by atoms with Gasteiger partial charge in [-0.2, -0.15) is 0 Å². The van der Waals surface area contributed by atoms with Gasteiger partial charge in [-0.05, 0) is 37.3 Å². The van der Waals surface area contributed by atoms with Crippen molar-refractivity contribution in [3.63, 3.8) is 0 Å². The Hall–Kier alpha value is -2.84. The zero-order valence-corrected chi connectivity index (χ0v) is 13.6. The van der Waals surface area contributed by atoms with Crippen molar-refractivity contribution in [1.82, 2.24) is 5.32 Å². The predicted molar refractivity (Wildman–Crippen MR) is 88.6 cm³/mol. The Balaban J connectivity index is 1.92. The molecule has 0 aliphatic carbocycles. The summed E-state index contributed by atoms with van der Waals surface area (Å²) in [6.07, 6.45) is 0.666. The molecule has 0 bridgehead atoms. The number of benzene rings is 1. The molecule has 1 unspecified atom stereocenters. The summed E-state index contributed by atoms with van der Waals surface area (Å²) < 4.78 is 18.8. The minimum absolute atomic E-state index is 0.0718. The van der Waals surface area contributed by atoms with Gasteiger partial charge in [-0.15, -0.1) is 0 Å². The number of carbonyl (C=O) groups excluding carboxylic acids is 1. The Labute approximate surface area is 144 Å². The lowest BCUT2D eigenvalue weighted by Crippen LogP contribution is -2.48. The Morgan fingerprint density at radius 3 is 2.88 bits per heavy atom. The minimum atomic E-state index is -1.15. The Kier molecular flexibility index (Phi) is 6.15. The van der Waals surface area contributed by atoms with E-state index in [4.69, 9.17) is 16.2 Å². The molecule has 1 aliphatic rings. The van der Waals surface area contributed by atoms with E-state index in [1.54, 1.807) is 6.07 Å². The van der Waals surface area contributed by atoms with Crippen LogP contribution >= 0.6 is 0 Å². The number of halogens is 1. The third-order valence-corrected chi connectivity index (χ3v) is 3.83. The molecule has 2 rings (SSSR count). The first-order chi connectivity index (χ1) is 11.9. The molecule has 136 valence electrons. The average Bonchev–Trinajstić information content (AvgIpc) is 2.56. The van der Waals surface area contributed by atoms with E-state index in [2.05, 4.69) is 10.3 Å². The highest BCUT2D eigenvalue weighted by Crippen LogP contribution is 2.28. The number of nitrogens with zero attached hydrogens (tertiary/aromatic N) is 1. The van der Waals surface area contributed by atoms with Crippen LogP contribution in [0.3, 0.4) is 0 Å². The molecule has 6 N–H and O–H groups in total. The van der Waals surface area contributed by atoms with E-state index in [1.165, 1.54) is 12.1 Å². The summed E-state index contributed by atoms with van der Waals surface area (Å²) in [5.41, 5.74) is 11.2. The summed E-state index contributed by atoms with van der Waals surface area (Å²) in [7, 11) is 0. The van der Waals surface area contributed by atoms with E-state index in [-0.39, 0.29) is 18.9 Å². The first-order valence-electron chi connectivity index (χ1n) is 7.90. The van der Waals surface area contributed by atoms with Gasteiger partial charge in [-0.3, -0.25) is 9.79 Å². The fourth-order valence-corrected chi connectivity index (χ4v) is 2.55. The summed E-state index contributed by atoms with van der Waals surface area (Å²) in [6, 6.07) is 3.10. The predicted octanol–water partition coefficient (Wildman–Crippen LogP) is 0.142. The Morgan fingerprint density at radius 2 is 2.20 bits per heavy atom. The quantitative estimate of drug-likeness (QED) is 0.313. The van der Waals surface area contributed by atoms with Crippen molar-refractivity contribution in [1.29, 1.82) is 0 Å². The smallest absolute Gasteiger partial charge is 0.326 e. The van der Waals surface area contributed by atoms with Crippen molar-refractivity contribution >= 4 is 17.8 Å². The summed E-state index contributed by atoms with van der Waals surface area (Å²) in [5, 5.41) is 11.7. The van der Waals surface area contributed by atoms with Gasteiger partial charge in [0.1, 0.15) is 17.6 Å². The molecule has 1 heterocycles. The number of nitrogens with one attached hydrogen (secondary N) is 1. The Morgan fingerprint density at radius 1 is 1.44 bits per heavy atom. The molecule has 8 nitrogen and oxygen atoms in total. The zero-order valence-electron chi connectivity index (χ0n) is 13.6. The van der Waals surface area contributed by atoms with Crippen LogP contribution in [0.5, 0.6) is 5.75 Å². The molecule has 0 fully saturated rings. The molecule has 2 atom stereocenters. The van der Waals surface area contributed by atoms with Gasteiger partial charge in [0.15, 0.2) is 12.1 Å². The van der Waals surface area contributed by atoms with Crippen molar-refractivity contribution in [3.05, 3.63) is 29.6 Å². The van der Waals surface area contributed by atoms with E-state index in [0.717, 1.165) is 5.56 Å². The van der Waals surface area contributed by atoms with Crippen LogP contribution in [0, 0.1) is 5.82 Å². The van der Waals surface area contributed by atoms with Crippen LogP contribution in [-0.2, 0) is 16.0 Å². The summed E-state index contributed by atoms with van der Waals surface area (Å²) in [6.45, 7) is 0.272. The second-order valence-electron chi connectivity index (χ2n) is 5.75. The first kappa shape index (κ1) is 18.5. The van der Waals surface area contributed by atoms with Gasteiger partial charge in [0.2, 0.25) is 0 Å². The number of rotatable bonds is 7. The molecule has 25 heavy (non-hydrogen) atoms. The monoisotopic (exact) mass is 352 g/mol. The number of carboxylic acid groups (broad SMARTS) is 1. The third kappa shape index (κ3) is 5.33. The maximum atomic E-state index is 13.3. The second-order valence-corrected chi connectivity index (χ2v) is 5.75. The number of guanidine groups is 1. The molecule has 1 aromatic carbocycles. The molecule has 1 aromatic rings. The fourth-order valence-electron chi connectivity index (χ4n) is 2.55. The lowest BCUT2D eigenvalue weighted by molar-refractivity contribution is -0.143. The van der Waals surface area contributed by atoms with E-state index in [0.29, 0.717) is 25.0 Å². The topological polar surface area (TPSA) is 140 Å². The lowest BCUT2D eigenvalue weighted by Gasteiger charge is -2.26. The molecule has 0 saturated carbocycles. The van der Waals surface area contributed by atoms with E-state index in [1.807, 2.05) is 0 Å². The molecule has 1 amide bonds. The van der Waals surface area contributed by atoms with Gasteiger partial charge in [0.25, 0.3) is 5.91 Å². The molecule has 0 spiro atoms. The fraction of sp³-hybridized carbons (Fsp3) is 0.438. The highest BCUT2D eigenvalue weighted by atomic mass is 19.1. The average molecular weight is 352 g/mol.